The van der Waals surface area contributed by atoms with Crippen molar-refractivity contribution >= 4 is 0 Å². The van der Waals surface area contributed by atoms with Gasteiger partial charge in [-0.1, -0.05) is 40.0 Å². The zero-order valence-corrected chi connectivity index (χ0v) is 10.8. The molecule has 0 aromatic carbocycles. The van der Waals surface area contributed by atoms with E-state index < -0.39 is 0 Å². The van der Waals surface area contributed by atoms with Crippen molar-refractivity contribution in [3.05, 3.63) is 0 Å². The van der Waals surface area contributed by atoms with E-state index in [9.17, 15) is 0 Å². The molecular weight excluding hydrogens is 186 g/mol. The third kappa shape index (κ3) is 10.2. The van der Waals surface area contributed by atoms with Gasteiger partial charge in [0.15, 0.2) is 0 Å². The number of nitrogens with one attached hydrogen (secondary N) is 2. The van der Waals surface area contributed by atoms with Crippen LogP contribution in [-0.4, -0.2) is 24.8 Å². The van der Waals surface area contributed by atoms with Gasteiger partial charge in [0.2, 0.25) is 0 Å². The molecule has 0 bridgehead atoms. The highest BCUT2D eigenvalue weighted by atomic mass is 15.7. The predicted octanol–water partition coefficient (Wildman–Crippen LogP) is 2.70. The molecule has 0 atom stereocenters. The van der Waals surface area contributed by atoms with Gasteiger partial charge in [-0.25, -0.2) is 10.9 Å². The van der Waals surface area contributed by atoms with Crippen LogP contribution in [0.15, 0.2) is 0 Å². The average Bonchev–Trinajstić information content (AvgIpc) is 2.27. The second kappa shape index (κ2) is 12.0. The van der Waals surface area contributed by atoms with E-state index in [-0.39, 0.29) is 0 Å². The molecule has 0 rings (SSSR count). The monoisotopic (exact) mass is 215 g/mol. The third-order valence-electron chi connectivity index (χ3n) is 2.34. The largest absolute Gasteiger partial charge is 0.242 e. The summed E-state index contributed by atoms with van der Waals surface area (Å²) in [5, 5.41) is 2.17. The van der Waals surface area contributed by atoms with Crippen molar-refractivity contribution < 1.29 is 0 Å². The molecule has 0 aliphatic carbocycles. The van der Waals surface area contributed by atoms with Crippen molar-refractivity contribution in [1.82, 2.24) is 16.0 Å². The SMILES string of the molecule is CCCCCCN(NCCC)NCCC. The highest BCUT2D eigenvalue weighted by molar-refractivity contribution is 4.49. The summed E-state index contributed by atoms with van der Waals surface area (Å²) in [6.07, 6.45) is 7.65. The highest BCUT2D eigenvalue weighted by Gasteiger charge is 2.01. The summed E-state index contributed by atoms with van der Waals surface area (Å²) in [4.78, 5) is 0. The van der Waals surface area contributed by atoms with Gasteiger partial charge in [-0.15, -0.1) is 0 Å². The first-order chi connectivity index (χ1) is 7.35. The number of hydrazine groups is 2. The summed E-state index contributed by atoms with van der Waals surface area (Å²) in [5.74, 6) is 0. The Bertz CT molecular complexity index is 109. The lowest BCUT2D eigenvalue weighted by Crippen LogP contribution is -2.49. The van der Waals surface area contributed by atoms with Crippen LogP contribution in [-0.2, 0) is 0 Å². The zero-order chi connectivity index (χ0) is 11.4. The zero-order valence-electron chi connectivity index (χ0n) is 10.8. The van der Waals surface area contributed by atoms with Gasteiger partial charge < -0.3 is 0 Å². The van der Waals surface area contributed by atoms with Gasteiger partial charge >= 0.3 is 0 Å². The van der Waals surface area contributed by atoms with Crippen LogP contribution in [0.1, 0.15) is 59.3 Å². The lowest BCUT2D eigenvalue weighted by atomic mass is 10.2. The molecule has 3 heteroatoms. The van der Waals surface area contributed by atoms with E-state index in [1.807, 2.05) is 0 Å². The standard InChI is InChI=1S/C12H29N3/c1-4-7-8-9-12-15(13-10-5-2)14-11-6-3/h13-14H,4-12H2,1-3H3. The number of nitrogens with zero attached hydrogens (tertiary/aromatic N) is 1. The molecule has 92 valence electrons. The minimum Gasteiger partial charge on any atom is -0.242 e. The Morgan fingerprint density at radius 2 is 1.33 bits per heavy atom. The van der Waals surface area contributed by atoms with E-state index in [0.717, 1.165) is 19.6 Å². The molecule has 15 heavy (non-hydrogen) atoms. The molecule has 0 aliphatic heterocycles. The molecule has 2 N–H and O–H groups in total. The van der Waals surface area contributed by atoms with Gasteiger partial charge in [0.25, 0.3) is 0 Å². The molecule has 0 spiro atoms. The Hall–Kier alpha value is -0.120. The highest BCUT2D eigenvalue weighted by Crippen LogP contribution is 1.99. The molecule has 0 aromatic heterocycles. The molecule has 0 fully saturated rings. The van der Waals surface area contributed by atoms with Crippen molar-refractivity contribution in [1.29, 1.82) is 0 Å². The van der Waals surface area contributed by atoms with Gasteiger partial charge in [0, 0.05) is 19.6 Å². The molecule has 0 radical (unpaired) electrons. The van der Waals surface area contributed by atoms with Crippen molar-refractivity contribution in [3.8, 4) is 0 Å². The minimum atomic E-state index is 1.06. The Labute approximate surface area is 95.6 Å². The van der Waals surface area contributed by atoms with Crippen molar-refractivity contribution in [2.24, 2.45) is 0 Å². The van der Waals surface area contributed by atoms with E-state index in [4.69, 9.17) is 0 Å². The Kier molecular flexibility index (Phi) is 11.9. The van der Waals surface area contributed by atoms with Gasteiger partial charge in [-0.2, -0.15) is 5.12 Å². The summed E-state index contributed by atoms with van der Waals surface area (Å²) in [6, 6.07) is 0. The lowest BCUT2D eigenvalue weighted by molar-refractivity contribution is 0.111. The predicted molar refractivity (Wildman–Crippen MR) is 67.4 cm³/mol. The molecule has 0 aromatic rings. The number of unbranched alkanes of at least 4 members (excludes halogenated alkanes) is 3. The molecule has 0 heterocycles. The Balaban J connectivity index is 3.49. The maximum absolute atomic E-state index is 3.40. The second-order valence-electron chi connectivity index (χ2n) is 4.03. The van der Waals surface area contributed by atoms with Gasteiger partial charge in [0.05, 0.1) is 0 Å². The topological polar surface area (TPSA) is 27.3 Å². The number of hydrogen-bond donors (Lipinski definition) is 2. The number of hydrogen-bond acceptors (Lipinski definition) is 3. The second-order valence-corrected chi connectivity index (χ2v) is 4.03. The van der Waals surface area contributed by atoms with Gasteiger partial charge in [0.1, 0.15) is 0 Å². The van der Waals surface area contributed by atoms with Crippen LogP contribution < -0.4 is 10.9 Å². The maximum atomic E-state index is 3.40. The molecule has 0 amide bonds. The van der Waals surface area contributed by atoms with Gasteiger partial charge in [-0.05, 0) is 19.3 Å². The molecular formula is C12H29N3. The van der Waals surface area contributed by atoms with Crippen LogP contribution in [0.3, 0.4) is 0 Å². The third-order valence-corrected chi connectivity index (χ3v) is 2.34. The lowest BCUT2D eigenvalue weighted by Gasteiger charge is -2.23. The van der Waals surface area contributed by atoms with Crippen molar-refractivity contribution in [2.75, 3.05) is 19.6 Å². The quantitative estimate of drug-likeness (QED) is 0.410. The first kappa shape index (κ1) is 14.9. The summed E-state index contributed by atoms with van der Waals surface area (Å²) in [6.45, 7) is 9.88. The Morgan fingerprint density at radius 3 is 1.80 bits per heavy atom. The van der Waals surface area contributed by atoms with Crippen LogP contribution in [0, 0.1) is 0 Å². The van der Waals surface area contributed by atoms with Crippen LogP contribution in [0.25, 0.3) is 0 Å². The molecule has 0 saturated carbocycles. The number of rotatable bonds is 11. The first-order valence-electron chi connectivity index (χ1n) is 6.59. The summed E-state index contributed by atoms with van der Waals surface area (Å²) >= 11 is 0. The fourth-order valence-corrected chi connectivity index (χ4v) is 1.40. The molecule has 0 unspecified atom stereocenters. The maximum Gasteiger partial charge on any atom is 0.0288 e. The fourth-order valence-electron chi connectivity index (χ4n) is 1.40. The summed E-state index contributed by atoms with van der Waals surface area (Å²) in [7, 11) is 0. The average molecular weight is 215 g/mol. The van der Waals surface area contributed by atoms with Gasteiger partial charge in [-0.3, -0.25) is 0 Å². The normalized spacial score (nSPS) is 11.2. The fraction of sp³-hybridized carbons (Fsp3) is 1.00. The molecule has 0 saturated heterocycles. The molecule has 3 nitrogen and oxygen atoms in total. The summed E-state index contributed by atoms with van der Waals surface area (Å²) < 4.78 is 0. The molecule has 0 aliphatic rings. The van der Waals surface area contributed by atoms with E-state index in [0.29, 0.717) is 0 Å². The first-order valence-corrected chi connectivity index (χ1v) is 6.59. The van der Waals surface area contributed by atoms with E-state index in [1.165, 1.54) is 38.5 Å². The van der Waals surface area contributed by atoms with Crippen LogP contribution >= 0.6 is 0 Å². The smallest absolute Gasteiger partial charge is 0.0288 e. The van der Waals surface area contributed by atoms with E-state index >= 15 is 0 Å². The van der Waals surface area contributed by atoms with Crippen molar-refractivity contribution in [2.45, 2.75) is 59.3 Å². The van der Waals surface area contributed by atoms with E-state index in [1.54, 1.807) is 0 Å². The van der Waals surface area contributed by atoms with Crippen LogP contribution in [0.5, 0.6) is 0 Å². The Morgan fingerprint density at radius 1 is 0.733 bits per heavy atom. The van der Waals surface area contributed by atoms with Crippen LogP contribution in [0.2, 0.25) is 0 Å². The minimum absolute atomic E-state index is 1.06. The van der Waals surface area contributed by atoms with Crippen molar-refractivity contribution in [3.63, 3.8) is 0 Å². The van der Waals surface area contributed by atoms with E-state index in [2.05, 4.69) is 36.7 Å². The summed E-state index contributed by atoms with van der Waals surface area (Å²) in [5.41, 5.74) is 6.81. The van der Waals surface area contributed by atoms with Crippen LogP contribution in [0.4, 0.5) is 0 Å².